The summed E-state index contributed by atoms with van der Waals surface area (Å²) >= 11 is -1.17. The van der Waals surface area contributed by atoms with Gasteiger partial charge in [-0.15, -0.1) is 0 Å². The van der Waals surface area contributed by atoms with Crippen molar-refractivity contribution in [2.45, 2.75) is 0 Å². The molecule has 1 atom stereocenters. The third-order valence-corrected chi connectivity index (χ3v) is 1.33. The summed E-state index contributed by atoms with van der Waals surface area (Å²) in [6, 6.07) is 0. The van der Waals surface area contributed by atoms with Gasteiger partial charge in [-0.1, -0.05) is 0 Å². The first-order valence-corrected chi connectivity index (χ1v) is 2.75. The quantitative estimate of drug-likeness (QED) is 0.439. The first kappa shape index (κ1) is 4.23. The Hall–Kier alpha value is 0.0700. The van der Waals surface area contributed by atoms with Gasteiger partial charge in [-0.25, -0.2) is 8.93 Å². The Bertz CT molecular complexity index is 65.9. The van der Waals surface area contributed by atoms with Gasteiger partial charge in [-0.2, -0.15) is 0 Å². The summed E-state index contributed by atoms with van der Waals surface area (Å²) in [5.41, 5.74) is 0. The van der Waals surface area contributed by atoms with Crippen LogP contribution in [0.4, 0.5) is 0 Å². The van der Waals surface area contributed by atoms with Crippen LogP contribution < -0.4 is 4.72 Å². The summed E-state index contributed by atoms with van der Waals surface area (Å²) in [4.78, 5) is 0. The molecule has 0 aromatic rings. The minimum Gasteiger partial charge on any atom is -0.277 e. The van der Waals surface area contributed by atoms with Crippen LogP contribution in [0.15, 0.2) is 0 Å². The molecule has 36 valence electrons. The van der Waals surface area contributed by atoms with Crippen molar-refractivity contribution < 1.29 is 8.39 Å². The average Bonchev–Trinajstić information content (AvgIpc) is 1.86. The SMILES string of the molecule is O=[S@@]1NCCO1. The van der Waals surface area contributed by atoms with Crippen LogP contribution in [0.3, 0.4) is 0 Å². The second kappa shape index (κ2) is 1.68. The molecule has 0 spiro atoms. The van der Waals surface area contributed by atoms with Gasteiger partial charge in [0.15, 0.2) is 0 Å². The molecular weight excluding hydrogens is 102 g/mol. The molecule has 0 aromatic carbocycles. The molecule has 0 amide bonds. The van der Waals surface area contributed by atoms with Crippen molar-refractivity contribution in [1.82, 2.24) is 4.72 Å². The van der Waals surface area contributed by atoms with Crippen molar-refractivity contribution in [3.63, 3.8) is 0 Å². The Morgan fingerprint density at radius 2 is 2.67 bits per heavy atom. The van der Waals surface area contributed by atoms with E-state index in [2.05, 4.69) is 8.91 Å². The van der Waals surface area contributed by atoms with Crippen LogP contribution in [0.25, 0.3) is 0 Å². The molecule has 1 rings (SSSR count). The first-order valence-electron chi connectivity index (χ1n) is 1.68. The topological polar surface area (TPSA) is 38.3 Å². The van der Waals surface area contributed by atoms with Crippen LogP contribution in [0.1, 0.15) is 0 Å². The molecule has 1 saturated heterocycles. The Kier molecular flexibility index (Phi) is 1.19. The Labute approximate surface area is 38.5 Å². The third kappa shape index (κ3) is 0.767. The van der Waals surface area contributed by atoms with Gasteiger partial charge in [0.25, 0.3) is 0 Å². The number of hydrogen-bond donors (Lipinski definition) is 1. The summed E-state index contributed by atoms with van der Waals surface area (Å²) in [5.74, 6) is 0. The average molecular weight is 107 g/mol. The van der Waals surface area contributed by atoms with E-state index in [0.29, 0.717) is 13.2 Å². The molecule has 1 N–H and O–H groups in total. The van der Waals surface area contributed by atoms with Gasteiger partial charge in [0.2, 0.25) is 11.3 Å². The molecular formula is C2H5NO2S. The molecule has 0 aliphatic carbocycles. The smallest absolute Gasteiger partial charge is 0.234 e. The Morgan fingerprint density at radius 3 is 2.83 bits per heavy atom. The molecule has 0 bridgehead atoms. The zero-order chi connectivity index (χ0) is 4.41. The lowest BCUT2D eigenvalue weighted by Gasteiger charge is -1.78. The van der Waals surface area contributed by atoms with E-state index in [1.165, 1.54) is 0 Å². The maximum atomic E-state index is 10.0. The largest absolute Gasteiger partial charge is 0.277 e. The van der Waals surface area contributed by atoms with E-state index in [0.717, 1.165) is 0 Å². The predicted octanol–water partition coefficient (Wildman–Crippen LogP) is -0.815. The van der Waals surface area contributed by atoms with E-state index in [9.17, 15) is 4.21 Å². The van der Waals surface area contributed by atoms with Crippen LogP contribution in [0.2, 0.25) is 0 Å². The van der Waals surface area contributed by atoms with Crippen molar-refractivity contribution in [3.8, 4) is 0 Å². The molecule has 6 heavy (non-hydrogen) atoms. The van der Waals surface area contributed by atoms with E-state index >= 15 is 0 Å². The maximum Gasteiger partial charge on any atom is 0.234 e. The van der Waals surface area contributed by atoms with Gasteiger partial charge >= 0.3 is 0 Å². The minimum absolute atomic E-state index is 0.576. The summed E-state index contributed by atoms with van der Waals surface area (Å²) in [7, 11) is 0. The Balaban J connectivity index is 2.37. The standard InChI is InChI=1S/C2H5NO2S/c4-6-3-1-2-5-6/h3H,1-2H2/t6-/m0/s1. The predicted molar refractivity (Wildman–Crippen MR) is 22.1 cm³/mol. The van der Waals surface area contributed by atoms with Crippen LogP contribution in [0, 0.1) is 0 Å². The zero-order valence-electron chi connectivity index (χ0n) is 3.14. The lowest BCUT2D eigenvalue weighted by atomic mass is 10.8. The van der Waals surface area contributed by atoms with E-state index in [4.69, 9.17) is 0 Å². The summed E-state index contributed by atoms with van der Waals surface area (Å²) < 4.78 is 17.1. The van der Waals surface area contributed by atoms with Gasteiger partial charge < -0.3 is 0 Å². The molecule has 0 aromatic heterocycles. The molecule has 4 heteroatoms. The number of rotatable bonds is 0. The van der Waals surface area contributed by atoms with E-state index in [-0.39, 0.29) is 0 Å². The van der Waals surface area contributed by atoms with Crippen molar-refractivity contribution in [2.75, 3.05) is 13.2 Å². The highest BCUT2D eigenvalue weighted by Crippen LogP contribution is 1.85. The molecule has 1 aliphatic heterocycles. The fourth-order valence-corrected chi connectivity index (χ4v) is 0.852. The molecule has 3 nitrogen and oxygen atoms in total. The molecule has 1 aliphatic rings. The zero-order valence-corrected chi connectivity index (χ0v) is 3.96. The molecule has 0 saturated carbocycles. The van der Waals surface area contributed by atoms with Gasteiger partial charge in [0.1, 0.15) is 0 Å². The highest BCUT2D eigenvalue weighted by atomic mass is 32.2. The van der Waals surface area contributed by atoms with Gasteiger partial charge in [-0.05, 0) is 0 Å². The molecule has 0 radical (unpaired) electrons. The summed E-state index contributed by atoms with van der Waals surface area (Å²) in [5, 5.41) is 0. The summed E-state index contributed by atoms with van der Waals surface area (Å²) in [6.07, 6.45) is 0. The van der Waals surface area contributed by atoms with Gasteiger partial charge in [0.05, 0.1) is 6.61 Å². The van der Waals surface area contributed by atoms with Crippen molar-refractivity contribution in [3.05, 3.63) is 0 Å². The highest BCUT2D eigenvalue weighted by molar-refractivity contribution is 7.78. The third-order valence-electron chi connectivity index (χ3n) is 0.512. The van der Waals surface area contributed by atoms with E-state index in [1.54, 1.807) is 0 Å². The van der Waals surface area contributed by atoms with E-state index < -0.39 is 11.3 Å². The van der Waals surface area contributed by atoms with Gasteiger partial charge in [0, 0.05) is 6.54 Å². The second-order valence-electron chi connectivity index (χ2n) is 0.951. The summed E-state index contributed by atoms with van der Waals surface area (Å²) in [6.45, 7) is 1.29. The monoisotopic (exact) mass is 107 g/mol. The number of nitrogens with one attached hydrogen (secondary N) is 1. The van der Waals surface area contributed by atoms with Crippen LogP contribution in [0.5, 0.6) is 0 Å². The second-order valence-corrected chi connectivity index (χ2v) is 1.94. The molecule has 1 fully saturated rings. The van der Waals surface area contributed by atoms with Crippen molar-refractivity contribution >= 4 is 11.3 Å². The van der Waals surface area contributed by atoms with Crippen molar-refractivity contribution in [2.24, 2.45) is 0 Å². The lowest BCUT2D eigenvalue weighted by molar-refractivity contribution is 0.392. The fraction of sp³-hybridized carbons (Fsp3) is 1.00. The fourth-order valence-electron chi connectivity index (χ4n) is 0.284. The van der Waals surface area contributed by atoms with Crippen LogP contribution >= 0.6 is 0 Å². The van der Waals surface area contributed by atoms with Gasteiger partial charge in [-0.3, -0.25) is 4.18 Å². The Morgan fingerprint density at radius 1 is 1.83 bits per heavy atom. The van der Waals surface area contributed by atoms with E-state index in [1.807, 2.05) is 0 Å². The van der Waals surface area contributed by atoms with Crippen LogP contribution in [-0.4, -0.2) is 17.4 Å². The number of hydrogen-bond acceptors (Lipinski definition) is 2. The van der Waals surface area contributed by atoms with Crippen LogP contribution in [-0.2, 0) is 15.4 Å². The molecule has 0 unspecified atom stereocenters. The highest BCUT2D eigenvalue weighted by Gasteiger charge is 2.04. The minimum atomic E-state index is -1.17. The van der Waals surface area contributed by atoms with Crippen molar-refractivity contribution in [1.29, 1.82) is 0 Å². The lowest BCUT2D eigenvalue weighted by Crippen LogP contribution is -2.06. The molecule has 1 heterocycles. The first-order chi connectivity index (χ1) is 2.89. The maximum absolute atomic E-state index is 10.0. The normalized spacial score (nSPS) is 34.3.